The second-order valence-electron chi connectivity index (χ2n) is 3.98. The van der Waals surface area contributed by atoms with Gasteiger partial charge in [-0.05, 0) is 35.5 Å². The summed E-state index contributed by atoms with van der Waals surface area (Å²) in [7, 11) is 0. The summed E-state index contributed by atoms with van der Waals surface area (Å²) in [5, 5.41) is 3.80. The zero-order valence-corrected chi connectivity index (χ0v) is 13.7. The second kappa shape index (κ2) is 8.99. The van der Waals surface area contributed by atoms with Crippen molar-refractivity contribution < 1.29 is 4.79 Å². The molecule has 5 heteroatoms. The molecule has 2 nitrogen and oxygen atoms in total. The number of hydrogen-bond acceptors (Lipinski definition) is 1. The number of unbranched alkanes of at least 4 members (excludes halogenated alkanes) is 3. The van der Waals surface area contributed by atoms with Crippen LogP contribution in [-0.4, -0.2) is 16.9 Å². The van der Waals surface area contributed by atoms with E-state index in [9.17, 15) is 4.79 Å². The number of alkyl halides is 1. The first-order valence-electron chi connectivity index (χ1n) is 5.94. The van der Waals surface area contributed by atoms with Crippen LogP contribution in [0.4, 0.5) is 0 Å². The number of benzene rings is 1. The number of carbonyl (C=O) groups excluding carboxylic acids is 1. The molecule has 0 aliphatic heterocycles. The Bertz CT molecular complexity index is 399. The highest BCUT2D eigenvalue weighted by Gasteiger charge is 2.09. The van der Waals surface area contributed by atoms with E-state index in [4.69, 9.17) is 23.2 Å². The topological polar surface area (TPSA) is 29.1 Å². The lowest BCUT2D eigenvalue weighted by molar-refractivity contribution is 0.0953. The van der Waals surface area contributed by atoms with Crippen LogP contribution in [0.3, 0.4) is 0 Å². The first kappa shape index (κ1) is 16.1. The molecule has 0 spiro atoms. The number of amides is 1. The summed E-state index contributed by atoms with van der Waals surface area (Å²) in [5.41, 5.74) is 0.480. The third-order valence-corrected chi connectivity index (χ3v) is 3.83. The maximum atomic E-state index is 11.8. The summed E-state index contributed by atoms with van der Waals surface area (Å²) >= 11 is 14.1. The fourth-order valence-corrected chi connectivity index (χ4v) is 2.58. The second-order valence-corrected chi connectivity index (χ2v) is 5.91. The van der Waals surface area contributed by atoms with Gasteiger partial charge in [-0.15, -0.1) is 0 Å². The van der Waals surface area contributed by atoms with E-state index in [1.165, 1.54) is 17.3 Å². The molecule has 0 atom stereocenters. The van der Waals surface area contributed by atoms with E-state index in [0.717, 1.165) is 12.8 Å². The Morgan fingerprint density at radius 3 is 2.56 bits per heavy atom. The van der Waals surface area contributed by atoms with Crippen LogP contribution in [0.5, 0.6) is 0 Å². The molecule has 1 rings (SSSR count). The highest BCUT2D eigenvalue weighted by Crippen LogP contribution is 2.20. The molecular weight excluding hydrogens is 384 g/mol. The molecular formula is C13H16Cl2INO. The monoisotopic (exact) mass is 399 g/mol. The molecule has 18 heavy (non-hydrogen) atoms. The average Bonchev–Trinajstić information content (AvgIpc) is 2.33. The van der Waals surface area contributed by atoms with Crippen molar-refractivity contribution in [3.8, 4) is 0 Å². The minimum atomic E-state index is -0.134. The van der Waals surface area contributed by atoms with Gasteiger partial charge < -0.3 is 5.32 Å². The van der Waals surface area contributed by atoms with Crippen LogP contribution in [0, 0.1) is 0 Å². The van der Waals surface area contributed by atoms with Crippen molar-refractivity contribution in [2.24, 2.45) is 0 Å². The predicted octanol–water partition coefficient (Wildman–Crippen LogP) is 4.72. The van der Waals surface area contributed by atoms with Crippen LogP contribution < -0.4 is 5.32 Å². The average molecular weight is 400 g/mol. The third kappa shape index (κ3) is 5.76. The molecule has 1 N–H and O–H groups in total. The molecule has 1 aromatic rings. The normalized spacial score (nSPS) is 10.4. The molecule has 0 fully saturated rings. The summed E-state index contributed by atoms with van der Waals surface area (Å²) < 4.78 is 1.20. The SMILES string of the molecule is O=C(NCCCCCCI)c1ccc(Cl)cc1Cl. The van der Waals surface area contributed by atoms with E-state index >= 15 is 0 Å². The van der Waals surface area contributed by atoms with Crippen LogP contribution in [0.25, 0.3) is 0 Å². The summed E-state index contributed by atoms with van der Waals surface area (Å²) in [6.07, 6.45) is 4.63. The molecule has 1 aromatic carbocycles. The lowest BCUT2D eigenvalue weighted by Gasteiger charge is -2.06. The van der Waals surface area contributed by atoms with Crippen molar-refractivity contribution in [3.63, 3.8) is 0 Å². The Morgan fingerprint density at radius 1 is 1.17 bits per heavy atom. The van der Waals surface area contributed by atoms with Gasteiger partial charge in [0.05, 0.1) is 10.6 Å². The van der Waals surface area contributed by atoms with E-state index in [1.807, 2.05) is 0 Å². The van der Waals surface area contributed by atoms with Crippen molar-refractivity contribution in [1.82, 2.24) is 5.32 Å². The fourth-order valence-electron chi connectivity index (χ4n) is 1.54. The summed E-state index contributed by atoms with van der Waals surface area (Å²) in [4.78, 5) is 11.8. The number of hydrogen-bond donors (Lipinski definition) is 1. The van der Waals surface area contributed by atoms with E-state index in [0.29, 0.717) is 22.2 Å². The van der Waals surface area contributed by atoms with Crippen LogP contribution in [0.2, 0.25) is 10.0 Å². The number of halogens is 3. The van der Waals surface area contributed by atoms with Gasteiger partial charge in [-0.1, -0.05) is 58.6 Å². The summed E-state index contributed by atoms with van der Waals surface area (Å²) in [5.74, 6) is -0.134. The Kier molecular flexibility index (Phi) is 8.02. The molecule has 0 saturated heterocycles. The first-order chi connectivity index (χ1) is 8.65. The van der Waals surface area contributed by atoms with Gasteiger partial charge in [0.15, 0.2) is 0 Å². The Morgan fingerprint density at radius 2 is 1.89 bits per heavy atom. The lowest BCUT2D eigenvalue weighted by Crippen LogP contribution is -2.24. The molecule has 0 heterocycles. The van der Waals surface area contributed by atoms with E-state index < -0.39 is 0 Å². The van der Waals surface area contributed by atoms with Gasteiger partial charge in [0.25, 0.3) is 5.91 Å². The molecule has 0 aliphatic rings. The molecule has 0 aliphatic carbocycles. The van der Waals surface area contributed by atoms with Crippen LogP contribution in [0.1, 0.15) is 36.0 Å². The number of nitrogens with one attached hydrogen (secondary N) is 1. The van der Waals surface area contributed by atoms with Crippen molar-refractivity contribution in [2.45, 2.75) is 25.7 Å². The Balaban J connectivity index is 2.32. The minimum Gasteiger partial charge on any atom is -0.352 e. The van der Waals surface area contributed by atoms with Gasteiger partial charge >= 0.3 is 0 Å². The number of carbonyl (C=O) groups is 1. The highest BCUT2D eigenvalue weighted by atomic mass is 127. The summed E-state index contributed by atoms with van der Waals surface area (Å²) in [6.45, 7) is 0.693. The predicted molar refractivity (Wildman–Crippen MR) is 86.2 cm³/mol. The van der Waals surface area contributed by atoms with Crippen LogP contribution in [-0.2, 0) is 0 Å². The fraction of sp³-hybridized carbons (Fsp3) is 0.462. The molecule has 0 unspecified atom stereocenters. The quantitative estimate of drug-likeness (QED) is 0.401. The molecule has 1 amide bonds. The molecule has 0 saturated carbocycles. The third-order valence-electron chi connectivity index (χ3n) is 2.52. The molecule has 100 valence electrons. The van der Waals surface area contributed by atoms with Gasteiger partial charge in [-0.25, -0.2) is 0 Å². The van der Waals surface area contributed by atoms with E-state index in [1.54, 1.807) is 18.2 Å². The molecule has 0 aromatic heterocycles. The minimum absolute atomic E-state index is 0.134. The van der Waals surface area contributed by atoms with Crippen molar-refractivity contribution >= 4 is 51.7 Å². The smallest absolute Gasteiger partial charge is 0.252 e. The Labute approximate surface area is 132 Å². The molecule has 0 bridgehead atoms. The summed E-state index contributed by atoms with van der Waals surface area (Å²) in [6, 6.07) is 4.90. The molecule has 0 radical (unpaired) electrons. The van der Waals surface area contributed by atoms with Crippen molar-refractivity contribution in [2.75, 3.05) is 11.0 Å². The number of rotatable bonds is 7. The maximum absolute atomic E-state index is 11.8. The van der Waals surface area contributed by atoms with Crippen LogP contribution in [0.15, 0.2) is 18.2 Å². The van der Waals surface area contributed by atoms with Gasteiger partial charge in [0.1, 0.15) is 0 Å². The van der Waals surface area contributed by atoms with E-state index in [-0.39, 0.29) is 5.91 Å². The zero-order chi connectivity index (χ0) is 13.4. The van der Waals surface area contributed by atoms with Crippen molar-refractivity contribution in [1.29, 1.82) is 0 Å². The van der Waals surface area contributed by atoms with Crippen molar-refractivity contribution in [3.05, 3.63) is 33.8 Å². The zero-order valence-electron chi connectivity index (χ0n) is 10.0. The standard InChI is InChI=1S/C13H16Cl2INO/c14-10-5-6-11(12(15)9-10)13(18)17-8-4-2-1-3-7-16/h5-6,9H,1-4,7-8H2,(H,17,18). The van der Waals surface area contributed by atoms with Gasteiger partial charge in [0, 0.05) is 11.6 Å². The van der Waals surface area contributed by atoms with E-state index in [2.05, 4.69) is 27.9 Å². The van der Waals surface area contributed by atoms with Gasteiger partial charge in [0.2, 0.25) is 0 Å². The van der Waals surface area contributed by atoms with Gasteiger partial charge in [-0.2, -0.15) is 0 Å². The lowest BCUT2D eigenvalue weighted by atomic mass is 10.2. The largest absolute Gasteiger partial charge is 0.352 e. The Hall–Kier alpha value is -0.000000000000000111. The van der Waals surface area contributed by atoms with Gasteiger partial charge in [-0.3, -0.25) is 4.79 Å². The first-order valence-corrected chi connectivity index (χ1v) is 8.22. The maximum Gasteiger partial charge on any atom is 0.252 e. The van der Waals surface area contributed by atoms with Crippen LogP contribution >= 0.6 is 45.8 Å². The highest BCUT2D eigenvalue weighted by molar-refractivity contribution is 14.1.